The molecule has 3 rings (SSSR count). The highest BCUT2D eigenvalue weighted by molar-refractivity contribution is 5.95. The zero-order valence-corrected chi connectivity index (χ0v) is 11.6. The first-order chi connectivity index (χ1) is 9.74. The minimum absolute atomic E-state index is 0.0637. The summed E-state index contributed by atoms with van der Waals surface area (Å²) in [5.74, 6) is 1.14. The van der Waals surface area contributed by atoms with Gasteiger partial charge in [0.1, 0.15) is 6.61 Å². The van der Waals surface area contributed by atoms with E-state index < -0.39 is 0 Å². The number of nitrogens with zero attached hydrogens (tertiary/aromatic N) is 2. The standard InChI is InChI=1S/C14H19N3O3/c1-19-11-3-2-6-16-13(11)17-10-14(20-9-12(17)18)4-7-15-8-5-14/h2-3,6,15H,4-5,7-10H2,1H3. The van der Waals surface area contributed by atoms with Gasteiger partial charge in [-0.25, -0.2) is 4.98 Å². The van der Waals surface area contributed by atoms with E-state index in [-0.39, 0.29) is 18.1 Å². The smallest absolute Gasteiger partial charge is 0.254 e. The van der Waals surface area contributed by atoms with Crippen LogP contribution in [0.25, 0.3) is 0 Å². The van der Waals surface area contributed by atoms with Gasteiger partial charge in [-0.3, -0.25) is 9.69 Å². The van der Waals surface area contributed by atoms with Gasteiger partial charge in [0.05, 0.1) is 19.3 Å². The van der Waals surface area contributed by atoms with E-state index in [1.165, 1.54) is 0 Å². The molecule has 1 aromatic heterocycles. The fourth-order valence-electron chi connectivity index (χ4n) is 2.84. The maximum atomic E-state index is 12.2. The molecule has 2 fully saturated rings. The van der Waals surface area contributed by atoms with Crippen LogP contribution in [-0.2, 0) is 9.53 Å². The third-order valence-electron chi connectivity index (χ3n) is 3.99. The van der Waals surface area contributed by atoms with Crippen molar-refractivity contribution in [1.29, 1.82) is 0 Å². The zero-order chi connectivity index (χ0) is 14.0. The molecule has 1 aromatic rings. The molecule has 0 unspecified atom stereocenters. The number of hydrogen-bond donors (Lipinski definition) is 1. The largest absolute Gasteiger partial charge is 0.493 e. The SMILES string of the molecule is COc1cccnc1N1CC2(CCNCC2)OCC1=O. The molecule has 1 amide bonds. The van der Waals surface area contributed by atoms with Crippen molar-refractivity contribution in [3.05, 3.63) is 18.3 Å². The van der Waals surface area contributed by atoms with E-state index >= 15 is 0 Å². The Morgan fingerprint density at radius 2 is 2.25 bits per heavy atom. The fraction of sp³-hybridized carbons (Fsp3) is 0.571. The van der Waals surface area contributed by atoms with Gasteiger partial charge in [0.25, 0.3) is 5.91 Å². The van der Waals surface area contributed by atoms with Gasteiger partial charge in [0, 0.05) is 6.20 Å². The molecule has 2 saturated heterocycles. The Bertz CT molecular complexity index is 500. The molecule has 6 heteroatoms. The molecule has 1 spiro atoms. The Labute approximate surface area is 118 Å². The minimum Gasteiger partial charge on any atom is -0.493 e. The summed E-state index contributed by atoms with van der Waals surface area (Å²) in [6, 6.07) is 3.62. The lowest BCUT2D eigenvalue weighted by Gasteiger charge is -2.44. The monoisotopic (exact) mass is 277 g/mol. The quantitative estimate of drug-likeness (QED) is 0.856. The molecule has 2 aliphatic rings. The van der Waals surface area contributed by atoms with Crippen LogP contribution in [0, 0.1) is 0 Å². The second-order valence-electron chi connectivity index (χ2n) is 5.23. The Morgan fingerprint density at radius 1 is 1.45 bits per heavy atom. The Hall–Kier alpha value is -1.66. The Morgan fingerprint density at radius 3 is 3.00 bits per heavy atom. The fourth-order valence-corrected chi connectivity index (χ4v) is 2.84. The number of aromatic nitrogens is 1. The number of carbonyl (C=O) groups excluding carboxylic acids is 1. The lowest BCUT2D eigenvalue weighted by atomic mass is 9.90. The Balaban J connectivity index is 1.88. The average molecular weight is 277 g/mol. The third-order valence-corrected chi connectivity index (χ3v) is 3.99. The summed E-state index contributed by atoms with van der Waals surface area (Å²) < 4.78 is 11.2. The maximum Gasteiger partial charge on any atom is 0.254 e. The third kappa shape index (κ3) is 2.36. The van der Waals surface area contributed by atoms with E-state index in [4.69, 9.17) is 9.47 Å². The number of amides is 1. The number of piperidine rings is 1. The summed E-state index contributed by atoms with van der Waals surface area (Å²) in [6.07, 6.45) is 3.49. The van der Waals surface area contributed by atoms with Crippen LogP contribution >= 0.6 is 0 Å². The second kappa shape index (κ2) is 5.38. The number of rotatable bonds is 2. The number of ether oxygens (including phenoxy) is 2. The molecule has 108 valence electrons. The van der Waals surface area contributed by atoms with Gasteiger partial charge in [0.2, 0.25) is 0 Å². The van der Waals surface area contributed by atoms with Crippen LogP contribution in [0.4, 0.5) is 5.82 Å². The van der Waals surface area contributed by atoms with Gasteiger partial charge >= 0.3 is 0 Å². The second-order valence-corrected chi connectivity index (χ2v) is 5.23. The molecule has 0 aliphatic carbocycles. The van der Waals surface area contributed by atoms with Crippen LogP contribution in [-0.4, -0.2) is 49.8 Å². The minimum atomic E-state index is -0.248. The van der Waals surface area contributed by atoms with E-state index in [1.54, 1.807) is 24.3 Å². The molecule has 0 atom stereocenters. The predicted octanol–water partition coefficient (Wildman–Crippen LogP) is 0.576. The van der Waals surface area contributed by atoms with Crippen LogP contribution in [0.15, 0.2) is 18.3 Å². The first kappa shape index (κ1) is 13.3. The van der Waals surface area contributed by atoms with Crippen molar-refractivity contribution < 1.29 is 14.3 Å². The van der Waals surface area contributed by atoms with Crippen molar-refractivity contribution in [1.82, 2.24) is 10.3 Å². The number of hydrogen-bond acceptors (Lipinski definition) is 5. The number of nitrogens with one attached hydrogen (secondary N) is 1. The highest BCUT2D eigenvalue weighted by Gasteiger charge is 2.42. The van der Waals surface area contributed by atoms with Gasteiger partial charge in [0.15, 0.2) is 11.6 Å². The molecular formula is C14H19N3O3. The molecule has 1 N–H and O–H groups in total. The van der Waals surface area contributed by atoms with E-state index in [1.807, 2.05) is 6.07 Å². The van der Waals surface area contributed by atoms with Gasteiger partial charge in [-0.05, 0) is 38.1 Å². The van der Waals surface area contributed by atoms with Crippen molar-refractivity contribution in [3.8, 4) is 5.75 Å². The van der Waals surface area contributed by atoms with Crippen LogP contribution in [0.5, 0.6) is 5.75 Å². The maximum absolute atomic E-state index is 12.2. The van der Waals surface area contributed by atoms with Crippen molar-refractivity contribution in [2.24, 2.45) is 0 Å². The van der Waals surface area contributed by atoms with Gasteiger partial charge in [-0.15, -0.1) is 0 Å². The van der Waals surface area contributed by atoms with E-state index in [2.05, 4.69) is 10.3 Å². The number of morpholine rings is 1. The van der Waals surface area contributed by atoms with Crippen molar-refractivity contribution in [3.63, 3.8) is 0 Å². The Kier molecular flexibility index (Phi) is 3.58. The normalized spacial score (nSPS) is 22.1. The number of methoxy groups -OCH3 is 1. The van der Waals surface area contributed by atoms with E-state index in [0.29, 0.717) is 18.1 Å². The molecule has 0 aromatic carbocycles. The summed E-state index contributed by atoms with van der Waals surface area (Å²) >= 11 is 0. The lowest BCUT2D eigenvalue weighted by Crippen LogP contribution is -2.58. The first-order valence-electron chi connectivity index (χ1n) is 6.88. The van der Waals surface area contributed by atoms with Crippen LogP contribution < -0.4 is 15.0 Å². The average Bonchev–Trinajstić information content (AvgIpc) is 2.51. The van der Waals surface area contributed by atoms with Crippen molar-refractivity contribution >= 4 is 11.7 Å². The lowest BCUT2D eigenvalue weighted by molar-refractivity contribution is -0.141. The molecule has 0 saturated carbocycles. The molecule has 0 bridgehead atoms. The predicted molar refractivity (Wildman–Crippen MR) is 73.9 cm³/mol. The van der Waals surface area contributed by atoms with E-state index in [0.717, 1.165) is 25.9 Å². The van der Waals surface area contributed by atoms with E-state index in [9.17, 15) is 4.79 Å². The van der Waals surface area contributed by atoms with Crippen LogP contribution in [0.1, 0.15) is 12.8 Å². The summed E-state index contributed by atoms with van der Waals surface area (Å²) in [5, 5.41) is 3.32. The molecule has 6 nitrogen and oxygen atoms in total. The van der Waals surface area contributed by atoms with Gasteiger partial charge in [-0.2, -0.15) is 0 Å². The number of pyridine rings is 1. The van der Waals surface area contributed by atoms with Crippen LogP contribution in [0.2, 0.25) is 0 Å². The van der Waals surface area contributed by atoms with Gasteiger partial charge in [-0.1, -0.05) is 0 Å². The molecule has 20 heavy (non-hydrogen) atoms. The topological polar surface area (TPSA) is 63.7 Å². The highest BCUT2D eigenvalue weighted by Crippen LogP contribution is 2.33. The number of anilines is 1. The molecular weight excluding hydrogens is 258 g/mol. The summed E-state index contributed by atoms with van der Waals surface area (Å²) in [7, 11) is 1.59. The number of carbonyl (C=O) groups is 1. The summed E-state index contributed by atoms with van der Waals surface area (Å²) in [4.78, 5) is 18.2. The van der Waals surface area contributed by atoms with Crippen LogP contribution in [0.3, 0.4) is 0 Å². The summed E-state index contributed by atoms with van der Waals surface area (Å²) in [5.41, 5.74) is -0.248. The molecule has 2 aliphatic heterocycles. The first-order valence-corrected chi connectivity index (χ1v) is 6.88. The summed E-state index contributed by atoms with van der Waals surface area (Å²) in [6.45, 7) is 2.49. The van der Waals surface area contributed by atoms with Crippen molar-refractivity contribution in [2.75, 3.05) is 38.3 Å². The van der Waals surface area contributed by atoms with Crippen molar-refractivity contribution in [2.45, 2.75) is 18.4 Å². The molecule has 0 radical (unpaired) electrons. The highest BCUT2D eigenvalue weighted by atomic mass is 16.5. The zero-order valence-electron chi connectivity index (χ0n) is 11.6. The van der Waals surface area contributed by atoms with Gasteiger partial charge < -0.3 is 14.8 Å². The molecule has 3 heterocycles.